The van der Waals surface area contributed by atoms with Crippen LogP contribution in [0.2, 0.25) is 0 Å². The van der Waals surface area contributed by atoms with Crippen LogP contribution >= 0.6 is 0 Å². The van der Waals surface area contributed by atoms with Crippen LogP contribution in [0.25, 0.3) is 10.9 Å². The molecule has 23 N–H and O–H groups in total. The summed E-state index contributed by atoms with van der Waals surface area (Å²) >= 11 is 0. The second-order valence-corrected chi connectivity index (χ2v) is 24.1. The Morgan fingerprint density at radius 3 is 1.58 bits per heavy atom. The third-order valence-electron chi connectivity index (χ3n) is 13.7. The number of imidazole rings is 1. The number of nitrogens with zero attached hydrogens (tertiary/aromatic N) is 2. The monoisotopic (exact) mass is 1280 g/mol. The lowest BCUT2D eigenvalue weighted by Gasteiger charge is -2.28. The number of aliphatic carboxylic acids is 1. The average molecular weight is 1280 g/mol. The Morgan fingerprint density at radius 2 is 1.06 bits per heavy atom. The molecule has 0 unspecified atom stereocenters. The van der Waals surface area contributed by atoms with E-state index in [1.807, 2.05) is 0 Å². The number of carboxylic acid groups (broad SMARTS) is 1. The first kappa shape index (κ1) is 72.5. The first-order valence-corrected chi connectivity index (χ1v) is 30.5. The summed E-state index contributed by atoms with van der Waals surface area (Å²) < 4.78 is 23.9. The van der Waals surface area contributed by atoms with Crippen molar-refractivity contribution in [3.8, 4) is 0 Å². The number of guanidine groups is 1. The summed E-state index contributed by atoms with van der Waals surface area (Å²) in [5.74, 6) is -14.0. The van der Waals surface area contributed by atoms with E-state index in [0.29, 0.717) is 22.0 Å². The van der Waals surface area contributed by atoms with Gasteiger partial charge in [0.1, 0.15) is 58.2 Å². The van der Waals surface area contributed by atoms with E-state index in [1.165, 1.54) is 12.5 Å². The molecule has 2 aromatic carbocycles. The van der Waals surface area contributed by atoms with Gasteiger partial charge in [-0.1, -0.05) is 62.4 Å². The molecule has 0 spiro atoms. The minimum Gasteiger partial charge on any atom is -0.480 e. The second-order valence-electron chi connectivity index (χ2n) is 21.8. The Hall–Kier alpha value is -9.99. The van der Waals surface area contributed by atoms with E-state index < -0.39 is 160 Å². The highest BCUT2D eigenvalue weighted by atomic mass is 32.2. The molecule has 0 saturated heterocycles. The number of aliphatic imine (C=N–C) groups is 1. The van der Waals surface area contributed by atoms with Crippen molar-refractivity contribution in [2.45, 2.75) is 139 Å². The van der Waals surface area contributed by atoms with Crippen LogP contribution in [0, 0.1) is 5.92 Å². The lowest BCUT2D eigenvalue weighted by Crippen LogP contribution is -2.61. The van der Waals surface area contributed by atoms with E-state index in [-0.39, 0.29) is 75.5 Å². The van der Waals surface area contributed by atoms with Crippen molar-refractivity contribution < 1.29 is 71.1 Å². The number of amides is 11. The van der Waals surface area contributed by atoms with Crippen molar-refractivity contribution in [2.75, 3.05) is 18.6 Å². The maximum atomic E-state index is 14.7. The first-order valence-electron chi connectivity index (χ1n) is 28.4. The van der Waals surface area contributed by atoms with Crippen LogP contribution in [0.15, 0.2) is 78.3 Å². The van der Waals surface area contributed by atoms with Crippen LogP contribution in [0.5, 0.6) is 0 Å². The molecule has 34 heteroatoms. The molecule has 0 fully saturated rings. The number of hydrogen-bond donors (Lipinski definition) is 17. The van der Waals surface area contributed by atoms with Crippen molar-refractivity contribution in [1.82, 2.24) is 57.5 Å². The molecule has 0 aliphatic heterocycles. The number of nitrogens with one attached hydrogen (secondary N) is 10. The third kappa shape index (κ3) is 25.4. The zero-order valence-corrected chi connectivity index (χ0v) is 50.6. The lowest BCUT2D eigenvalue weighted by molar-refractivity contribution is -0.142. The molecular formula is C56H80N18O15S. The average Bonchev–Trinajstić information content (AvgIpc) is 2.17. The van der Waals surface area contributed by atoms with Gasteiger partial charge in [0.2, 0.25) is 65.0 Å². The zero-order chi connectivity index (χ0) is 66.8. The number of nitrogens with two attached hydrogens (primary N) is 6. The van der Waals surface area contributed by atoms with Crippen LogP contribution in [0.1, 0.15) is 82.0 Å². The summed E-state index contributed by atoms with van der Waals surface area (Å²) in [5, 5.41) is 30.3. The summed E-state index contributed by atoms with van der Waals surface area (Å²) in [6.45, 7) is 3.39. The Bertz CT molecular complexity index is 3320. The van der Waals surface area contributed by atoms with Gasteiger partial charge >= 0.3 is 5.97 Å². The number of carbonyl (C=O) groups is 12. The molecule has 0 aliphatic carbocycles. The number of carboxylic acids is 1. The molecule has 0 aliphatic rings. The number of aromatic nitrogens is 3. The minimum atomic E-state index is -3.69. The lowest BCUT2D eigenvalue weighted by atomic mass is 9.99. The zero-order valence-electron chi connectivity index (χ0n) is 49.8. The number of carbonyl (C=O) groups excluding carboxylic acids is 11. The molecule has 2 heterocycles. The minimum absolute atomic E-state index is 0.00570. The number of aromatic amines is 2. The van der Waals surface area contributed by atoms with Gasteiger partial charge < -0.3 is 92.0 Å². The maximum absolute atomic E-state index is 14.7. The Labute approximate surface area is 517 Å². The van der Waals surface area contributed by atoms with Gasteiger partial charge in [-0.2, -0.15) is 0 Å². The molecule has 9 atom stereocenters. The topological polar surface area (TPSA) is 568 Å². The summed E-state index contributed by atoms with van der Waals surface area (Å²) in [5.41, 5.74) is 35.0. The van der Waals surface area contributed by atoms with E-state index in [2.05, 4.69) is 62.5 Å². The van der Waals surface area contributed by atoms with Gasteiger partial charge in [0.15, 0.2) is 5.96 Å². The van der Waals surface area contributed by atoms with Gasteiger partial charge in [-0.3, -0.25) is 57.7 Å². The standard InChI is InChI=1S/C56H80N18O15S/c1-29(2)20-38(49(80)74-43(25-46(60)77)53(84)71-40(22-31-26-65-35-13-8-7-12-33(31)35)51(82)68-37(55(86)87)17-19-90(3,88)89)69-50(81)39(21-30-10-5-4-6-11-30)70-52(83)41(23-32-27-63-28-66-32)72-54(85)42(24-45(59)76)73-48(79)36(14-9-18-64-56(61)62)67-47(78)34(57)15-16-44(58)75/h4-8,10-13,26-29,34,36-43,65H,9,14-25,57H2,1-3H3,(H2,58,75)(H2,59,76)(H2,60,77)(H,63,66)(H,67,78)(H,68,82)(H,69,81)(H,70,83)(H,71,84)(H,72,85)(H,73,79)(H,74,80)(H,86,87)(H4,61,62,64)/t34-,36-,37-,38-,39-,40-,41-,42-,43-/m0/s1. The molecule has 4 aromatic rings. The van der Waals surface area contributed by atoms with Crippen LogP contribution in [-0.2, 0) is 86.6 Å². The van der Waals surface area contributed by atoms with Crippen molar-refractivity contribution in [1.29, 1.82) is 0 Å². The Kier molecular flexibility index (Phi) is 28.3. The molecule has 0 bridgehead atoms. The molecule has 2 aromatic heterocycles. The van der Waals surface area contributed by atoms with E-state index in [1.54, 1.807) is 74.6 Å². The number of rotatable bonds is 39. The maximum Gasteiger partial charge on any atom is 0.326 e. The largest absolute Gasteiger partial charge is 0.480 e. The summed E-state index contributed by atoms with van der Waals surface area (Å²) in [4.78, 5) is 176. The normalized spacial score (nSPS) is 14.3. The Balaban J connectivity index is 1.65. The number of fused-ring (bicyclic) bond motifs is 1. The third-order valence-corrected chi connectivity index (χ3v) is 14.7. The number of H-pyrrole nitrogens is 2. The highest BCUT2D eigenvalue weighted by Crippen LogP contribution is 2.20. The van der Waals surface area contributed by atoms with E-state index in [9.17, 15) is 71.1 Å². The molecule has 11 amide bonds. The smallest absolute Gasteiger partial charge is 0.326 e. The summed E-state index contributed by atoms with van der Waals surface area (Å²) in [6.07, 6.45) is 1.28. The molecule has 33 nitrogen and oxygen atoms in total. The van der Waals surface area contributed by atoms with Gasteiger partial charge in [0, 0.05) is 67.5 Å². The number of benzene rings is 2. The fourth-order valence-corrected chi connectivity index (χ4v) is 9.78. The quantitative estimate of drug-likeness (QED) is 0.0113. The highest BCUT2D eigenvalue weighted by molar-refractivity contribution is 7.90. The molecule has 0 radical (unpaired) electrons. The first-order chi connectivity index (χ1) is 42.4. The van der Waals surface area contributed by atoms with E-state index in [4.69, 9.17) is 34.4 Å². The fraction of sp³-hybridized carbons (Fsp3) is 0.464. The van der Waals surface area contributed by atoms with Gasteiger partial charge in [0.05, 0.1) is 31.0 Å². The van der Waals surface area contributed by atoms with Crippen molar-refractivity contribution in [3.63, 3.8) is 0 Å². The highest BCUT2D eigenvalue weighted by Gasteiger charge is 2.37. The van der Waals surface area contributed by atoms with Gasteiger partial charge in [-0.05, 0) is 55.2 Å². The van der Waals surface area contributed by atoms with E-state index in [0.717, 1.165) is 6.26 Å². The van der Waals surface area contributed by atoms with Gasteiger partial charge in [-0.25, -0.2) is 18.2 Å². The summed E-state index contributed by atoms with van der Waals surface area (Å²) in [6, 6.07) is 0.662. The molecular weight excluding hydrogens is 1200 g/mol. The number of sulfone groups is 1. The fourth-order valence-electron chi connectivity index (χ4n) is 9.11. The molecule has 490 valence electrons. The van der Waals surface area contributed by atoms with Gasteiger partial charge in [-0.15, -0.1) is 0 Å². The SMILES string of the molecule is CC(C)C[C@H](NC(=O)[C@H](Cc1ccccc1)NC(=O)[C@H](Cc1cnc[nH]1)NC(=O)[C@H](CC(N)=O)NC(=O)[C@H](CCCN=C(N)N)NC(=O)[C@@H](N)CCC(N)=O)C(=O)N[C@@H](CC(N)=O)C(=O)N[C@@H](Cc1c[nH]c2ccccc12)C(=O)N[C@@H](CCS(C)(=O)=O)C(=O)O. The molecule has 4 rings (SSSR count). The number of primary amides is 3. The molecule has 90 heavy (non-hydrogen) atoms. The summed E-state index contributed by atoms with van der Waals surface area (Å²) in [7, 11) is -3.69. The van der Waals surface area contributed by atoms with Crippen molar-refractivity contribution in [3.05, 3.63) is 90.1 Å². The van der Waals surface area contributed by atoms with Crippen molar-refractivity contribution in [2.24, 2.45) is 45.3 Å². The van der Waals surface area contributed by atoms with E-state index >= 15 is 0 Å². The van der Waals surface area contributed by atoms with Crippen molar-refractivity contribution >= 4 is 97.6 Å². The second kappa shape index (κ2) is 35.1. The van der Waals surface area contributed by atoms with Crippen LogP contribution < -0.4 is 76.9 Å². The Morgan fingerprint density at radius 1 is 0.567 bits per heavy atom. The predicted molar refractivity (Wildman–Crippen MR) is 325 cm³/mol. The number of para-hydroxylation sites is 1. The van der Waals surface area contributed by atoms with Crippen LogP contribution in [0.4, 0.5) is 0 Å². The predicted octanol–water partition coefficient (Wildman–Crippen LogP) is -5.24. The van der Waals surface area contributed by atoms with Gasteiger partial charge in [0.25, 0.3) is 0 Å². The molecule has 0 saturated carbocycles. The van der Waals surface area contributed by atoms with Crippen LogP contribution in [0.3, 0.4) is 0 Å². The van der Waals surface area contributed by atoms with Crippen LogP contribution in [-0.4, -0.2) is 178 Å². The number of hydrogen-bond acceptors (Lipinski definition) is 17.